The minimum atomic E-state index is -1.52. The molecule has 1 heterocycles. The maximum atomic E-state index is 9.39. The molecule has 0 amide bonds. The van der Waals surface area contributed by atoms with Crippen molar-refractivity contribution in [2.24, 2.45) is 0 Å². The smallest absolute Gasteiger partial charge is 0.492 e. The van der Waals surface area contributed by atoms with Crippen LogP contribution in [0.2, 0.25) is 0 Å². The Morgan fingerprint density at radius 3 is 2.90 bits per heavy atom. The minimum absolute atomic E-state index is 0.296. The number of hydrogen-bond acceptors (Lipinski definition) is 5. The standard InChI is InChI=1S/C14H22BNO4/c1-3-12-10-16(6-7-20-12)9-11-4-5-14(19-2)13(8-11)15(17)18/h4-5,8,12,17-18H,3,6-7,9-10H2,1-2H3. The van der Waals surface area contributed by atoms with Gasteiger partial charge in [0.1, 0.15) is 5.75 Å². The fourth-order valence-corrected chi connectivity index (χ4v) is 2.51. The van der Waals surface area contributed by atoms with E-state index in [2.05, 4.69) is 11.8 Å². The largest absolute Gasteiger partial charge is 0.497 e. The summed E-state index contributed by atoms with van der Waals surface area (Å²) < 4.78 is 10.8. The zero-order valence-electron chi connectivity index (χ0n) is 12.1. The highest BCUT2D eigenvalue weighted by molar-refractivity contribution is 6.59. The van der Waals surface area contributed by atoms with Gasteiger partial charge in [0, 0.05) is 25.1 Å². The Morgan fingerprint density at radius 2 is 2.25 bits per heavy atom. The van der Waals surface area contributed by atoms with Gasteiger partial charge >= 0.3 is 7.12 Å². The molecule has 0 bridgehead atoms. The lowest BCUT2D eigenvalue weighted by atomic mass is 9.78. The van der Waals surface area contributed by atoms with E-state index in [9.17, 15) is 10.0 Å². The highest BCUT2D eigenvalue weighted by Crippen LogP contribution is 2.15. The number of methoxy groups -OCH3 is 1. The van der Waals surface area contributed by atoms with E-state index >= 15 is 0 Å². The van der Waals surface area contributed by atoms with Crippen LogP contribution in [0, 0.1) is 0 Å². The van der Waals surface area contributed by atoms with E-state index in [4.69, 9.17) is 9.47 Å². The lowest BCUT2D eigenvalue weighted by Gasteiger charge is -2.32. The van der Waals surface area contributed by atoms with Gasteiger partial charge in [0.15, 0.2) is 0 Å². The van der Waals surface area contributed by atoms with Crippen molar-refractivity contribution in [3.05, 3.63) is 23.8 Å². The van der Waals surface area contributed by atoms with Crippen LogP contribution in [0.1, 0.15) is 18.9 Å². The third kappa shape index (κ3) is 3.73. The molecule has 2 N–H and O–H groups in total. The zero-order valence-corrected chi connectivity index (χ0v) is 12.1. The van der Waals surface area contributed by atoms with Gasteiger partial charge < -0.3 is 19.5 Å². The van der Waals surface area contributed by atoms with Gasteiger partial charge in [-0.1, -0.05) is 19.1 Å². The van der Waals surface area contributed by atoms with E-state index in [0.717, 1.165) is 38.2 Å². The van der Waals surface area contributed by atoms with Gasteiger partial charge in [0.25, 0.3) is 0 Å². The molecule has 6 heteroatoms. The average Bonchev–Trinajstić information content (AvgIpc) is 2.47. The molecule has 20 heavy (non-hydrogen) atoms. The van der Waals surface area contributed by atoms with Crippen molar-refractivity contribution in [2.75, 3.05) is 26.8 Å². The summed E-state index contributed by atoms with van der Waals surface area (Å²) in [6.07, 6.45) is 1.31. The van der Waals surface area contributed by atoms with Gasteiger partial charge in [-0.15, -0.1) is 0 Å². The lowest BCUT2D eigenvalue weighted by Crippen LogP contribution is -2.41. The summed E-state index contributed by atoms with van der Waals surface area (Å²) in [4.78, 5) is 2.33. The number of nitrogens with zero attached hydrogens (tertiary/aromatic N) is 1. The van der Waals surface area contributed by atoms with Crippen LogP contribution < -0.4 is 10.2 Å². The Labute approximate surface area is 120 Å². The Hall–Kier alpha value is -1.08. The molecule has 110 valence electrons. The Morgan fingerprint density at radius 1 is 1.45 bits per heavy atom. The fourth-order valence-electron chi connectivity index (χ4n) is 2.51. The van der Waals surface area contributed by atoms with Crippen LogP contribution in [0.25, 0.3) is 0 Å². The van der Waals surface area contributed by atoms with Crippen LogP contribution in [-0.4, -0.2) is 55.0 Å². The predicted octanol–water partition coefficient (Wildman–Crippen LogP) is -0.0142. The van der Waals surface area contributed by atoms with Gasteiger partial charge in [0.05, 0.1) is 19.8 Å². The molecule has 1 aliphatic rings. The molecule has 0 radical (unpaired) electrons. The molecule has 1 aromatic carbocycles. The van der Waals surface area contributed by atoms with Crippen LogP contribution in [-0.2, 0) is 11.3 Å². The first-order chi connectivity index (χ1) is 9.63. The third-order valence-corrected chi connectivity index (χ3v) is 3.66. The molecule has 0 spiro atoms. The van der Waals surface area contributed by atoms with E-state index in [0.29, 0.717) is 17.3 Å². The summed E-state index contributed by atoms with van der Waals surface area (Å²) in [7, 11) is 0.00677. The predicted molar refractivity (Wildman–Crippen MR) is 78.1 cm³/mol. The second kappa shape index (κ2) is 7.08. The maximum Gasteiger partial charge on any atom is 0.492 e. The summed E-state index contributed by atoms with van der Waals surface area (Å²) in [5, 5.41) is 18.8. The summed E-state index contributed by atoms with van der Waals surface area (Å²) in [5.74, 6) is 0.497. The van der Waals surface area contributed by atoms with Gasteiger partial charge in [-0.2, -0.15) is 0 Å². The highest BCUT2D eigenvalue weighted by atomic mass is 16.5. The molecule has 0 aromatic heterocycles. The molecule has 1 aromatic rings. The number of hydrogen-bond donors (Lipinski definition) is 2. The van der Waals surface area contributed by atoms with Crippen LogP contribution in [0.3, 0.4) is 0 Å². The van der Waals surface area contributed by atoms with Crippen molar-refractivity contribution < 1.29 is 19.5 Å². The van der Waals surface area contributed by atoms with Crippen LogP contribution in [0.15, 0.2) is 18.2 Å². The summed E-state index contributed by atoms with van der Waals surface area (Å²) in [6, 6.07) is 5.53. The first-order valence-corrected chi connectivity index (χ1v) is 7.01. The van der Waals surface area contributed by atoms with E-state index in [-0.39, 0.29) is 0 Å². The molecule has 0 aliphatic carbocycles. The fraction of sp³-hybridized carbons (Fsp3) is 0.571. The van der Waals surface area contributed by atoms with Crippen molar-refractivity contribution in [3.8, 4) is 5.75 Å². The number of benzene rings is 1. The Balaban J connectivity index is 2.07. The first kappa shape index (κ1) is 15.3. The monoisotopic (exact) mass is 279 g/mol. The molecule has 0 saturated carbocycles. The SMILES string of the molecule is CCC1CN(Cc2ccc(OC)c(B(O)O)c2)CCO1. The van der Waals surface area contributed by atoms with Crippen molar-refractivity contribution in [1.82, 2.24) is 4.90 Å². The number of rotatable bonds is 5. The maximum absolute atomic E-state index is 9.39. The van der Waals surface area contributed by atoms with Gasteiger partial charge in [-0.05, 0) is 18.1 Å². The lowest BCUT2D eigenvalue weighted by molar-refractivity contribution is -0.0324. The Kier molecular flexibility index (Phi) is 5.42. The molecule has 5 nitrogen and oxygen atoms in total. The van der Waals surface area contributed by atoms with E-state index in [1.807, 2.05) is 6.07 Å². The molecule has 2 rings (SSSR count). The van der Waals surface area contributed by atoms with Crippen molar-refractivity contribution in [3.63, 3.8) is 0 Å². The average molecular weight is 279 g/mol. The topological polar surface area (TPSA) is 62.2 Å². The zero-order chi connectivity index (χ0) is 14.5. The van der Waals surface area contributed by atoms with E-state index < -0.39 is 7.12 Å². The quantitative estimate of drug-likeness (QED) is 0.742. The highest BCUT2D eigenvalue weighted by Gasteiger charge is 2.21. The minimum Gasteiger partial charge on any atom is -0.497 e. The number of ether oxygens (including phenoxy) is 2. The van der Waals surface area contributed by atoms with Gasteiger partial charge in [-0.25, -0.2) is 0 Å². The molecule has 1 unspecified atom stereocenters. The molecular weight excluding hydrogens is 257 g/mol. The van der Waals surface area contributed by atoms with Crippen LogP contribution in [0.4, 0.5) is 0 Å². The second-order valence-corrected chi connectivity index (χ2v) is 5.09. The summed E-state index contributed by atoms with van der Waals surface area (Å²) in [5.41, 5.74) is 1.45. The third-order valence-electron chi connectivity index (χ3n) is 3.66. The first-order valence-electron chi connectivity index (χ1n) is 7.01. The molecule has 1 saturated heterocycles. The Bertz CT molecular complexity index is 441. The van der Waals surface area contributed by atoms with E-state index in [1.54, 1.807) is 12.1 Å². The normalized spacial score (nSPS) is 19.9. The van der Waals surface area contributed by atoms with Crippen molar-refractivity contribution in [1.29, 1.82) is 0 Å². The van der Waals surface area contributed by atoms with Crippen LogP contribution >= 0.6 is 0 Å². The van der Waals surface area contributed by atoms with Crippen molar-refractivity contribution in [2.45, 2.75) is 26.0 Å². The summed E-state index contributed by atoms with van der Waals surface area (Å²) in [6.45, 7) is 5.48. The van der Waals surface area contributed by atoms with Crippen molar-refractivity contribution >= 4 is 12.6 Å². The summed E-state index contributed by atoms with van der Waals surface area (Å²) >= 11 is 0. The van der Waals surface area contributed by atoms with Gasteiger partial charge in [-0.3, -0.25) is 4.90 Å². The van der Waals surface area contributed by atoms with Gasteiger partial charge in [0.2, 0.25) is 0 Å². The second-order valence-electron chi connectivity index (χ2n) is 5.09. The van der Waals surface area contributed by atoms with E-state index in [1.165, 1.54) is 7.11 Å². The molecule has 1 aliphatic heterocycles. The molecular formula is C14H22BNO4. The molecule has 1 fully saturated rings. The molecule has 1 atom stereocenters. The number of morpholine rings is 1. The van der Waals surface area contributed by atoms with Crippen LogP contribution in [0.5, 0.6) is 5.75 Å².